The molecule has 0 bridgehead atoms. The van der Waals surface area contributed by atoms with Gasteiger partial charge in [-0.2, -0.15) is 8.42 Å². The first-order chi connectivity index (χ1) is 5.93. The van der Waals surface area contributed by atoms with E-state index in [4.69, 9.17) is 9.66 Å². The number of nitrogens with zero attached hydrogens (tertiary/aromatic N) is 1. The predicted octanol–water partition coefficient (Wildman–Crippen LogP) is 0.0265. The molecule has 2 N–H and O–H groups in total. The second kappa shape index (κ2) is 3.11. The van der Waals surface area contributed by atoms with Crippen LogP contribution >= 0.6 is 0 Å². The van der Waals surface area contributed by atoms with Gasteiger partial charge in [0.1, 0.15) is 4.90 Å². The Morgan fingerprint density at radius 3 is 2.46 bits per heavy atom. The zero-order chi connectivity index (χ0) is 10.1. The Kier molecular flexibility index (Phi) is 2.30. The molecule has 0 spiro atoms. The lowest BCUT2D eigenvalue weighted by atomic mass is 10.3. The molecule has 0 amide bonds. The summed E-state index contributed by atoms with van der Waals surface area (Å²) in [7, 11) is -4.52. The Balaban J connectivity index is 3.46. The summed E-state index contributed by atoms with van der Waals surface area (Å²) in [6.45, 7) is 0. The SMILES string of the molecule is O=C(O)c1ncccc1S(=O)(=O)O. The number of hydrogen-bond donors (Lipinski definition) is 2. The van der Waals surface area contributed by atoms with Gasteiger partial charge in [0.15, 0.2) is 5.69 Å². The number of aromatic nitrogens is 1. The van der Waals surface area contributed by atoms with Crippen LogP contribution in [0, 0.1) is 0 Å². The van der Waals surface area contributed by atoms with Gasteiger partial charge in [-0.1, -0.05) is 0 Å². The first kappa shape index (κ1) is 9.62. The van der Waals surface area contributed by atoms with E-state index in [9.17, 15) is 13.2 Å². The second-order valence-electron chi connectivity index (χ2n) is 2.13. The Bertz CT molecular complexity index is 438. The van der Waals surface area contributed by atoms with Crippen molar-refractivity contribution in [2.24, 2.45) is 0 Å². The van der Waals surface area contributed by atoms with Crippen molar-refractivity contribution in [3.05, 3.63) is 24.0 Å². The third-order valence-electron chi connectivity index (χ3n) is 1.25. The molecule has 1 rings (SSSR count). The van der Waals surface area contributed by atoms with E-state index < -0.39 is 26.7 Å². The highest BCUT2D eigenvalue weighted by Gasteiger charge is 2.20. The highest BCUT2D eigenvalue weighted by Crippen LogP contribution is 2.11. The van der Waals surface area contributed by atoms with Crippen molar-refractivity contribution in [1.82, 2.24) is 4.98 Å². The van der Waals surface area contributed by atoms with Crippen LogP contribution in [0.5, 0.6) is 0 Å². The molecule has 1 aromatic rings. The fourth-order valence-corrected chi connectivity index (χ4v) is 1.39. The van der Waals surface area contributed by atoms with Crippen LogP contribution in [0.4, 0.5) is 0 Å². The Morgan fingerprint density at radius 2 is 2.08 bits per heavy atom. The van der Waals surface area contributed by atoms with Crippen LogP contribution in [-0.4, -0.2) is 29.0 Å². The van der Waals surface area contributed by atoms with Crippen LogP contribution in [0.25, 0.3) is 0 Å². The van der Waals surface area contributed by atoms with E-state index in [-0.39, 0.29) is 0 Å². The van der Waals surface area contributed by atoms with E-state index in [0.29, 0.717) is 0 Å². The predicted molar refractivity (Wildman–Crippen MR) is 41.0 cm³/mol. The summed E-state index contributed by atoms with van der Waals surface area (Å²) in [5, 5.41) is 8.49. The van der Waals surface area contributed by atoms with E-state index in [0.717, 1.165) is 12.3 Å². The van der Waals surface area contributed by atoms with Crippen molar-refractivity contribution in [3.8, 4) is 0 Å². The lowest BCUT2D eigenvalue weighted by Crippen LogP contribution is -2.09. The molecule has 0 unspecified atom stereocenters. The molecular weight excluding hydrogens is 198 g/mol. The van der Waals surface area contributed by atoms with Gasteiger partial charge in [-0.25, -0.2) is 9.78 Å². The highest BCUT2D eigenvalue weighted by atomic mass is 32.2. The third-order valence-corrected chi connectivity index (χ3v) is 2.14. The van der Waals surface area contributed by atoms with Gasteiger partial charge in [0.25, 0.3) is 10.1 Å². The van der Waals surface area contributed by atoms with Gasteiger partial charge in [-0.15, -0.1) is 0 Å². The quantitative estimate of drug-likeness (QED) is 0.657. The van der Waals surface area contributed by atoms with Crippen LogP contribution in [0.3, 0.4) is 0 Å². The maximum atomic E-state index is 10.6. The molecule has 0 radical (unpaired) electrons. The molecular formula is C6H5NO5S. The molecule has 7 heteroatoms. The molecule has 6 nitrogen and oxygen atoms in total. The summed E-state index contributed by atoms with van der Waals surface area (Å²) >= 11 is 0. The van der Waals surface area contributed by atoms with Gasteiger partial charge in [0, 0.05) is 6.20 Å². The number of carboxylic acid groups (broad SMARTS) is 1. The van der Waals surface area contributed by atoms with E-state index in [2.05, 4.69) is 4.98 Å². The number of aromatic carboxylic acids is 1. The molecule has 0 aliphatic heterocycles. The van der Waals surface area contributed by atoms with Crippen LogP contribution in [-0.2, 0) is 10.1 Å². The maximum absolute atomic E-state index is 10.6. The van der Waals surface area contributed by atoms with Crippen molar-refractivity contribution < 1.29 is 22.9 Å². The first-order valence-corrected chi connectivity index (χ1v) is 4.52. The van der Waals surface area contributed by atoms with Gasteiger partial charge in [-0.05, 0) is 12.1 Å². The van der Waals surface area contributed by atoms with Gasteiger partial charge in [-0.3, -0.25) is 4.55 Å². The average Bonchev–Trinajstić information content (AvgIpc) is 2.03. The van der Waals surface area contributed by atoms with E-state index >= 15 is 0 Å². The molecule has 0 atom stereocenters. The van der Waals surface area contributed by atoms with E-state index in [1.54, 1.807) is 0 Å². The number of carboxylic acids is 1. The average molecular weight is 203 g/mol. The number of hydrogen-bond acceptors (Lipinski definition) is 4. The third kappa shape index (κ3) is 2.01. The van der Waals surface area contributed by atoms with Crippen molar-refractivity contribution in [3.63, 3.8) is 0 Å². The molecule has 1 heterocycles. The standard InChI is InChI=1S/C6H5NO5S/c8-6(9)5-4(13(10,11)12)2-1-3-7-5/h1-3H,(H,8,9)(H,10,11,12). The molecule has 1 aromatic heterocycles. The fourth-order valence-electron chi connectivity index (χ4n) is 0.759. The highest BCUT2D eigenvalue weighted by molar-refractivity contribution is 7.86. The van der Waals surface area contributed by atoms with Gasteiger partial charge < -0.3 is 5.11 Å². The van der Waals surface area contributed by atoms with Crippen LogP contribution in [0.15, 0.2) is 23.2 Å². The fraction of sp³-hybridized carbons (Fsp3) is 0. The number of carbonyl (C=O) groups is 1. The monoisotopic (exact) mass is 203 g/mol. The molecule has 0 aliphatic carbocycles. The molecule has 70 valence electrons. The summed E-state index contributed by atoms with van der Waals surface area (Å²) in [4.78, 5) is 13.0. The second-order valence-corrected chi connectivity index (χ2v) is 3.52. The molecule has 0 fully saturated rings. The van der Waals surface area contributed by atoms with Gasteiger partial charge in [0.05, 0.1) is 0 Å². The Morgan fingerprint density at radius 1 is 1.46 bits per heavy atom. The van der Waals surface area contributed by atoms with Crippen molar-refractivity contribution in [2.45, 2.75) is 4.90 Å². The minimum Gasteiger partial charge on any atom is -0.476 e. The van der Waals surface area contributed by atoms with Crippen LogP contribution in [0.2, 0.25) is 0 Å². The summed E-state index contributed by atoms with van der Waals surface area (Å²) in [6.07, 6.45) is 1.12. The minimum absolute atomic E-state index is 0.690. The maximum Gasteiger partial charge on any atom is 0.355 e. The van der Waals surface area contributed by atoms with Crippen molar-refractivity contribution in [2.75, 3.05) is 0 Å². The first-order valence-electron chi connectivity index (χ1n) is 3.08. The largest absolute Gasteiger partial charge is 0.476 e. The lowest BCUT2D eigenvalue weighted by molar-refractivity contribution is 0.0685. The van der Waals surface area contributed by atoms with Crippen LogP contribution in [0.1, 0.15) is 10.5 Å². The number of rotatable bonds is 2. The zero-order valence-corrected chi connectivity index (χ0v) is 7.02. The minimum atomic E-state index is -4.52. The van der Waals surface area contributed by atoms with E-state index in [1.807, 2.05) is 0 Å². The summed E-state index contributed by atoms with van der Waals surface area (Å²) in [5.74, 6) is -1.51. The summed E-state index contributed by atoms with van der Waals surface area (Å²) in [5.41, 5.74) is -0.690. The normalized spacial score (nSPS) is 11.2. The topological polar surface area (TPSA) is 105 Å². The van der Waals surface area contributed by atoms with Crippen molar-refractivity contribution in [1.29, 1.82) is 0 Å². The zero-order valence-electron chi connectivity index (χ0n) is 6.21. The smallest absolute Gasteiger partial charge is 0.355 e. The van der Waals surface area contributed by atoms with Crippen molar-refractivity contribution >= 4 is 16.1 Å². The number of pyridine rings is 1. The van der Waals surface area contributed by atoms with Gasteiger partial charge >= 0.3 is 5.97 Å². The molecule has 0 aliphatic rings. The van der Waals surface area contributed by atoms with Crippen LogP contribution < -0.4 is 0 Å². The molecule has 0 aromatic carbocycles. The summed E-state index contributed by atoms with van der Waals surface area (Å²) < 4.78 is 29.8. The summed E-state index contributed by atoms with van der Waals surface area (Å²) in [6, 6.07) is 2.18. The molecule has 0 saturated heterocycles. The molecule has 0 saturated carbocycles. The molecule has 13 heavy (non-hydrogen) atoms. The Hall–Kier alpha value is -1.47. The van der Waals surface area contributed by atoms with E-state index in [1.165, 1.54) is 6.07 Å². The lowest BCUT2D eigenvalue weighted by Gasteiger charge is -1.99. The van der Waals surface area contributed by atoms with Gasteiger partial charge in [0.2, 0.25) is 0 Å². The Labute approximate surface area is 73.6 Å².